The number of hydrogen-bond acceptors (Lipinski definition) is 4. The lowest BCUT2D eigenvalue weighted by atomic mass is 10.1. The van der Waals surface area contributed by atoms with Gasteiger partial charge in [-0.1, -0.05) is 90.9 Å². The third kappa shape index (κ3) is 23.8. The van der Waals surface area contributed by atoms with Crippen LogP contribution in [0.15, 0.2) is 0 Å². The van der Waals surface area contributed by atoms with Crippen LogP contribution in [0.4, 0.5) is 0 Å². The van der Waals surface area contributed by atoms with Crippen LogP contribution in [0, 0.1) is 0 Å². The minimum atomic E-state index is -4.84. The molecular weight excluding hydrogens is 409 g/mol. The molecule has 1 atom stereocenters. The summed E-state index contributed by atoms with van der Waals surface area (Å²) in [4.78, 5) is 20.0. The van der Waals surface area contributed by atoms with E-state index in [0.29, 0.717) is 20.4 Å². The smallest absolute Gasteiger partial charge is 0.364 e. The van der Waals surface area contributed by atoms with Crippen molar-refractivity contribution in [1.29, 1.82) is 0 Å². The molecule has 0 spiro atoms. The lowest BCUT2D eigenvalue weighted by Gasteiger charge is -2.04. The van der Waals surface area contributed by atoms with Crippen molar-refractivity contribution in [2.24, 2.45) is 0 Å². The van der Waals surface area contributed by atoms with Crippen LogP contribution in [-0.4, -0.2) is 60.7 Å². The van der Waals surface area contributed by atoms with E-state index in [-0.39, 0.29) is 0 Å². The number of rotatable bonds is 18. The van der Waals surface area contributed by atoms with Gasteiger partial charge in [-0.2, -0.15) is 8.42 Å². The van der Waals surface area contributed by atoms with Crippen LogP contribution in [0.3, 0.4) is 0 Å². The maximum Gasteiger partial charge on any atom is 0.364 e. The van der Waals surface area contributed by atoms with Crippen molar-refractivity contribution < 1.29 is 32.8 Å². The summed E-state index contributed by atoms with van der Waals surface area (Å²) >= 11 is 0.332. The van der Waals surface area contributed by atoms with Crippen molar-refractivity contribution in [1.82, 2.24) is 0 Å². The molecule has 0 aromatic carbocycles. The zero-order valence-corrected chi connectivity index (χ0v) is 20.5. The summed E-state index contributed by atoms with van der Waals surface area (Å²) in [6.07, 6.45) is 16.6. The first-order valence-electron chi connectivity index (χ1n) is 11.1. The highest BCUT2D eigenvalue weighted by Gasteiger charge is 2.33. The van der Waals surface area contributed by atoms with E-state index in [1.54, 1.807) is 21.9 Å². The summed E-state index contributed by atoms with van der Waals surface area (Å²) in [5.41, 5.74) is 0. The third-order valence-electron chi connectivity index (χ3n) is 4.70. The summed E-state index contributed by atoms with van der Waals surface area (Å²) < 4.78 is 31.9. The molecule has 0 aromatic rings. The van der Waals surface area contributed by atoms with Crippen molar-refractivity contribution >= 4 is 42.4 Å². The fourth-order valence-corrected chi connectivity index (χ4v) is 5.30. The van der Waals surface area contributed by atoms with Gasteiger partial charge in [-0.05, 0) is 0 Å². The molecule has 0 rings (SSSR count). The molecule has 170 valence electrons. The van der Waals surface area contributed by atoms with Crippen LogP contribution in [0.25, 0.3) is 0 Å². The van der Waals surface area contributed by atoms with E-state index < -0.39 is 33.7 Å². The van der Waals surface area contributed by atoms with E-state index in [2.05, 4.69) is 13.8 Å². The number of unbranched alkanes of at least 4 members (excludes halogenated alkanes) is 10. The third-order valence-corrected chi connectivity index (χ3v) is 7.79. The van der Waals surface area contributed by atoms with Gasteiger partial charge in [-0.25, -0.2) is 0 Å². The van der Waals surface area contributed by atoms with Gasteiger partial charge in [0.05, 0.1) is 6.42 Å². The Morgan fingerprint density at radius 2 is 1.14 bits per heavy atom. The van der Waals surface area contributed by atoms with Gasteiger partial charge in [0.25, 0.3) is 10.1 Å². The summed E-state index contributed by atoms with van der Waals surface area (Å²) in [6, 6.07) is 0. The van der Waals surface area contributed by atoms with Crippen molar-refractivity contribution in [2.75, 3.05) is 0 Å². The van der Waals surface area contributed by atoms with Crippen molar-refractivity contribution in [3.63, 3.8) is 0 Å². The number of aliphatic carboxylic acids is 2. The minimum Gasteiger partial charge on any atom is -0.481 e. The molecule has 0 aliphatic rings. The molecule has 1 unspecified atom stereocenters. The average Bonchev–Trinajstić information content (AvgIpc) is 2.63. The predicted molar refractivity (Wildman–Crippen MR) is 117 cm³/mol. The first kappa shape index (κ1) is 30.8. The number of carboxylic acid groups (broad SMARTS) is 2. The zero-order valence-electron chi connectivity index (χ0n) is 18.3. The Balaban J connectivity index is 0. The van der Waals surface area contributed by atoms with Gasteiger partial charge in [-0.3, -0.25) is 14.1 Å². The summed E-state index contributed by atoms with van der Waals surface area (Å²) in [6.45, 7) is 4.60. The minimum absolute atomic E-state index is 0.332. The number of carbonyl (C=O) groups is 2. The van der Waals surface area contributed by atoms with E-state index in [4.69, 9.17) is 14.8 Å². The molecule has 9 heteroatoms. The lowest BCUT2D eigenvalue weighted by molar-refractivity contribution is -0.143. The van der Waals surface area contributed by atoms with E-state index >= 15 is 0 Å². The zero-order chi connectivity index (χ0) is 22.5. The van der Waals surface area contributed by atoms with Gasteiger partial charge in [0, 0.05) is 0 Å². The van der Waals surface area contributed by atoms with Crippen LogP contribution in [0.5, 0.6) is 0 Å². The second-order valence-corrected chi connectivity index (χ2v) is 11.3. The SMILES string of the molecule is CCCCCCC[CH2][Mg][CH2]CCCCCCC.O=C(O)CC(C(=O)O)S(=O)(=O)O. The molecule has 0 heterocycles. The molecule has 0 saturated carbocycles. The van der Waals surface area contributed by atoms with Crippen LogP contribution >= 0.6 is 0 Å². The topological polar surface area (TPSA) is 129 Å². The highest BCUT2D eigenvalue weighted by atomic mass is 32.2. The fraction of sp³-hybridized carbons (Fsp3) is 0.900. The Morgan fingerprint density at radius 1 is 0.759 bits per heavy atom. The van der Waals surface area contributed by atoms with E-state index in [1.165, 1.54) is 64.2 Å². The maximum absolute atomic E-state index is 10.2. The molecule has 0 saturated heterocycles. The second-order valence-electron chi connectivity index (χ2n) is 7.54. The molecule has 3 N–H and O–H groups in total. The first-order chi connectivity index (χ1) is 13.7. The van der Waals surface area contributed by atoms with Crippen LogP contribution < -0.4 is 0 Å². The van der Waals surface area contributed by atoms with Crippen molar-refractivity contribution in [3.8, 4) is 0 Å². The lowest BCUT2D eigenvalue weighted by Crippen LogP contribution is -2.31. The molecule has 0 radical (unpaired) electrons. The van der Waals surface area contributed by atoms with E-state index in [1.807, 2.05) is 0 Å². The summed E-state index contributed by atoms with van der Waals surface area (Å²) in [5, 5.41) is 13.9. The molecule has 0 aliphatic carbocycles. The van der Waals surface area contributed by atoms with E-state index in [9.17, 15) is 18.0 Å². The van der Waals surface area contributed by atoms with Crippen LogP contribution in [0.2, 0.25) is 9.10 Å². The average molecular weight is 449 g/mol. The monoisotopic (exact) mass is 448 g/mol. The molecule has 0 fully saturated rings. The Labute approximate surface area is 186 Å². The Bertz CT molecular complexity index is 495. The largest absolute Gasteiger partial charge is 0.481 e. The molecule has 0 aliphatic heterocycles. The molecule has 0 amide bonds. The van der Waals surface area contributed by atoms with Gasteiger partial charge < -0.3 is 10.2 Å². The summed E-state index contributed by atoms with van der Waals surface area (Å²) in [5.74, 6) is -3.50. The Hall–Kier alpha value is -0.384. The second kappa shape index (κ2) is 20.9. The molecule has 0 bridgehead atoms. The predicted octanol–water partition coefficient (Wildman–Crippen LogP) is 5.05. The van der Waals surface area contributed by atoms with E-state index in [0.717, 1.165) is 0 Å². The van der Waals surface area contributed by atoms with Crippen LogP contribution in [0.1, 0.15) is 97.3 Å². The van der Waals surface area contributed by atoms with Gasteiger partial charge in [0.2, 0.25) is 0 Å². The molecule has 7 nitrogen and oxygen atoms in total. The highest BCUT2D eigenvalue weighted by molar-refractivity contribution is 7.87. The Kier molecular flexibility index (Phi) is 22.2. The van der Waals surface area contributed by atoms with Crippen molar-refractivity contribution in [2.45, 2.75) is 112 Å². The molecular formula is C20H40MgO7S. The highest BCUT2D eigenvalue weighted by Crippen LogP contribution is 2.10. The molecule has 0 aromatic heterocycles. The van der Waals surface area contributed by atoms with Gasteiger partial charge in [-0.15, -0.1) is 9.10 Å². The van der Waals surface area contributed by atoms with Gasteiger partial charge in [0.15, 0.2) is 5.25 Å². The van der Waals surface area contributed by atoms with Crippen LogP contribution in [-0.2, 0) is 19.7 Å². The maximum atomic E-state index is 10.2. The quantitative estimate of drug-likeness (QED) is 0.152. The summed E-state index contributed by atoms with van der Waals surface area (Å²) in [7, 11) is -4.84. The number of carboxylic acids is 2. The van der Waals surface area contributed by atoms with Gasteiger partial charge >= 0.3 is 32.3 Å². The van der Waals surface area contributed by atoms with Crippen molar-refractivity contribution in [3.05, 3.63) is 0 Å². The first-order valence-corrected chi connectivity index (χ1v) is 14.6. The van der Waals surface area contributed by atoms with Gasteiger partial charge in [0.1, 0.15) is 0 Å². The number of hydrogen-bond donors (Lipinski definition) is 3. The normalized spacial score (nSPS) is 11.8. The standard InChI is InChI=1S/2C8H17.C4H6O7S.Mg/c2*1-3-5-7-8-6-4-2;5-3(6)1-2(4(7)8)12(9,10)11;/h2*1,3-8H2,2H3;2H,1H2,(H,5,6)(H,7,8)(H,9,10,11);. The Morgan fingerprint density at radius 3 is 1.41 bits per heavy atom. The molecule has 29 heavy (non-hydrogen) atoms. The fourth-order valence-electron chi connectivity index (χ4n) is 2.92.